The predicted molar refractivity (Wildman–Crippen MR) is 127 cm³/mol. The molecule has 1 fully saturated rings. The molecule has 0 atom stereocenters. The zero-order chi connectivity index (χ0) is 22.1. The molecule has 32 heavy (non-hydrogen) atoms. The Morgan fingerprint density at radius 3 is 2.59 bits per heavy atom. The molecule has 0 bridgehead atoms. The number of nitrogens with zero attached hydrogens (tertiary/aromatic N) is 2. The van der Waals surface area contributed by atoms with E-state index in [9.17, 15) is 9.59 Å². The molecule has 0 unspecified atom stereocenters. The van der Waals surface area contributed by atoms with Crippen molar-refractivity contribution in [1.82, 2.24) is 20.5 Å². The molecular formula is C25H24N4O2S. The second kappa shape index (κ2) is 8.67. The fourth-order valence-electron chi connectivity index (χ4n) is 4.51. The minimum atomic E-state index is -0.152. The van der Waals surface area contributed by atoms with Gasteiger partial charge in [-0.2, -0.15) is 5.10 Å². The van der Waals surface area contributed by atoms with E-state index in [0.29, 0.717) is 10.9 Å². The van der Waals surface area contributed by atoms with Crippen molar-refractivity contribution in [3.05, 3.63) is 81.2 Å². The number of fused-ring (bicyclic) bond motifs is 1. The van der Waals surface area contributed by atoms with Gasteiger partial charge < -0.3 is 5.32 Å². The third kappa shape index (κ3) is 4.08. The Morgan fingerprint density at radius 1 is 1.06 bits per heavy atom. The number of carbonyl (C=O) groups is 1. The highest BCUT2D eigenvalue weighted by Crippen LogP contribution is 2.34. The van der Waals surface area contributed by atoms with Gasteiger partial charge >= 0.3 is 0 Å². The quantitative estimate of drug-likeness (QED) is 0.473. The van der Waals surface area contributed by atoms with Crippen LogP contribution in [0.25, 0.3) is 21.3 Å². The number of aromatic amines is 1. The van der Waals surface area contributed by atoms with E-state index in [2.05, 4.69) is 20.5 Å². The van der Waals surface area contributed by atoms with Gasteiger partial charge in [-0.1, -0.05) is 30.3 Å². The van der Waals surface area contributed by atoms with Crippen molar-refractivity contribution in [1.29, 1.82) is 0 Å². The minimum absolute atomic E-state index is 0.0452. The molecule has 2 aromatic carbocycles. The number of aryl methyl sites for hydroxylation is 1. The van der Waals surface area contributed by atoms with Gasteiger partial charge in [0.1, 0.15) is 5.01 Å². The van der Waals surface area contributed by atoms with Gasteiger partial charge in [-0.15, -0.1) is 11.3 Å². The topological polar surface area (TPSA) is 87.7 Å². The molecule has 0 saturated heterocycles. The minimum Gasteiger partial charge on any atom is -0.349 e. The van der Waals surface area contributed by atoms with E-state index in [-0.39, 0.29) is 23.4 Å². The normalized spacial score (nSPS) is 18.5. The summed E-state index contributed by atoms with van der Waals surface area (Å²) in [7, 11) is 0. The summed E-state index contributed by atoms with van der Waals surface area (Å²) >= 11 is 1.59. The summed E-state index contributed by atoms with van der Waals surface area (Å²) in [5, 5.41) is 14.8. The maximum atomic E-state index is 12.9. The number of amides is 1. The fraction of sp³-hybridized carbons (Fsp3) is 0.280. The van der Waals surface area contributed by atoms with Gasteiger partial charge in [0.15, 0.2) is 0 Å². The molecule has 7 heteroatoms. The molecule has 5 rings (SSSR count). The lowest BCUT2D eigenvalue weighted by Gasteiger charge is -2.29. The molecular weight excluding hydrogens is 420 g/mol. The van der Waals surface area contributed by atoms with E-state index >= 15 is 0 Å². The van der Waals surface area contributed by atoms with E-state index in [1.165, 1.54) is 0 Å². The van der Waals surface area contributed by atoms with Crippen LogP contribution in [-0.4, -0.2) is 27.1 Å². The Labute approximate surface area is 189 Å². The van der Waals surface area contributed by atoms with Crippen LogP contribution < -0.4 is 10.9 Å². The first kappa shape index (κ1) is 20.6. The average molecular weight is 445 g/mol. The van der Waals surface area contributed by atoms with Crippen LogP contribution in [0.15, 0.2) is 58.7 Å². The smallest absolute Gasteiger partial charge is 0.272 e. The molecule has 1 aliphatic rings. The SMILES string of the molecule is Cc1csc(-c2cccc(C(=O)N[C@H]3CC[C@H](c4n[nH]c(=O)c5ccccc54)CC3)c2)n1. The Hall–Kier alpha value is -3.32. The van der Waals surface area contributed by atoms with Crippen molar-refractivity contribution in [2.75, 3.05) is 0 Å². The summed E-state index contributed by atoms with van der Waals surface area (Å²) in [5.74, 6) is 0.234. The summed E-state index contributed by atoms with van der Waals surface area (Å²) < 4.78 is 0. The molecule has 1 aliphatic carbocycles. The van der Waals surface area contributed by atoms with Crippen LogP contribution in [-0.2, 0) is 0 Å². The summed E-state index contributed by atoms with van der Waals surface area (Å²) in [5.41, 5.74) is 3.42. The van der Waals surface area contributed by atoms with Crippen LogP contribution in [0.4, 0.5) is 0 Å². The number of rotatable bonds is 4. The van der Waals surface area contributed by atoms with Crippen LogP contribution in [0.1, 0.15) is 53.3 Å². The van der Waals surface area contributed by atoms with Crippen LogP contribution >= 0.6 is 11.3 Å². The first-order valence-corrected chi connectivity index (χ1v) is 11.8. The highest BCUT2D eigenvalue weighted by molar-refractivity contribution is 7.13. The number of hydrogen-bond acceptors (Lipinski definition) is 5. The number of thiazole rings is 1. The predicted octanol–water partition coefficient (Wildman–Crippen LogP) is 4.81. The largest absolute Gasteiger partial charge is 0.349 e. The van der Waals surface area contributed by atoms with Gasteiger partial charge in [-0.25, -0.2) is 10.1 Å². The van der Waals surface area contributed by atoms with Crippen molar-refractivity contribution in [3.63, 3.8) is 0 Å². The maximum absolute atomic E-state index is 12.9. The first-order chi connectivity index (χ1) is 15.6. The summed E-state index contributed by atoms with van der Waals surface area (Å²) in [6.45, 7) is 1.97. The van der Waals surface area contributed by atoms with Gasteiger partial charge in [0.25, 0.3) is 11.5 Å². The fourth-order valence-corrected chi connectivity index (χ4v) is 5.30. The van der Waals surface area contributed by atoms with Crippen LogP contribution in [0.5, 0.6) is 0 Å². The molecule has 0 radical (unpaired) electrons. The molecule has 1 saturated carbocycles. The number of carbonyl (C=O) groups excluding carboxylic acids is 1. The summed E-state index contributed by atoms with van der Waals surface area (Å²) in [6, 6.07) is 15.4. The standard InChI is InChI=1S/C25H24N4O2S/c1-15-14-32-25(26-15)18-6-4-5-17(13-18)23(30)27-19-11-9-16(10-12-19)22-20-7-2-3-8-21(20)24(31)29-28-22/h2-8,13-14,16,19H,9-12H2,1H3,(H,27,30)(H,29,31)/t16-,19-. The van der Waals surface area contributed by atoms with Crippen molar-refractivity contribution < 1.29 is 4.79 Å². The lowest BCUT2D eigenvalue weighted by molar-refractivity contribution is 0.0925. The maximum Gasteiger partial charge on any atom is 0.272 e. The van der Waals surface area contributed by atoms with Crippen molar-refractivity contribution in [2.45, 2.75) is 44.6 Å². The van der Waals surface area contributed by atoms with Crippen molar-refractivity contribution in [3.8, 4) is 10.6 Å². The lowest BCUT2D eigenvalue weighted by atomic mass is 9.82. The van der Waals surface area contributed by atoms with Crippen LogP contribution in [0.2, 0.25) is 0 Å². The third-order valence-electron chi connectivity index (χ3n) is 6.17. The zero-order valence-electron chi connectivity index (χ0n) is 17.8. The van der Waals surface area contributed by atoms with Crippen LogP contribution in [0.3, 0.4) is 0 Å². The number of nitrogens with one attached hydrogen (secondary N) is 2. The Bertz CT molecular complexity index is 1340. The summed E-state index contributed by atoms with van der Waals surface area (Å²) in [4.78, 5) is 29.5. The number of H-pyrrole nitrogens is 1. The summed E-state index contributed by atoms with van der Waals surface area (Å²) in [6.07, 6.45) is 3.62. The molecule has 0 spiro atoms. The monoisotopic (exact) mass is 444 g/mol. The van der Waals surface area contributed by atoms with E-state index in [0.717, 1.165) is 53.0 Å². The van der Waals surface area contributed by atoms with E-state index in [1.807, 2.05) is 60.8 Å². The Balaban J connectivity index is 1.26. The third-order valence-corrected chi connectivity index (χ3v) is 7.17. The molecule has 162 valence electrons. The van der Waals surface area contributed by atoms with Gasteiger partial charge in [0, 0.05) is 39.5 Å². The van der Waals surface area contributed by atoms with Gasteiger partial charge in [0.05, 0.1) is 11.1 Å². The Kier molecular flexibility index (Phi) is 5.57. The first-order valence-electron chi connectivity index (χ1n) is 10.9. The van der Waals surface area contributed by atoms with E-state index in [1.54, 1.807) is 11.3 Å². The van der Waals surface area contributed by atoms with E-state index < -0.39 is 0 Å². The second-order valence-corrected chi connectivity index (χ2v) is 9.24. The highest BCUT2D eigenvalue weighted by Gasteiger charge is 2.26. The van der Waals surface area contributed by atoms with Crippen molar-refractivity contribution in [2.24, 2.45) is 0 Å². The van der Waals surface area contributed by atoms with Crippen LogP contribution in [0, 0.1) is 6.92 Å². The van der Waals surface area contributed by atoms with Gasteiger partial charge in [0.2, 0.25) is 0 Å². The lowest BCUT2D eigenvalue weighted by Crippen LogP contribution is -2.37. The number of benzene rings is 2. The molecule has 1 amide bonds. The number of hydrogen-bond donors (Lipinski definition) is 2. The molecule has 6 nitrogen and oxygen atoms in total. The zero-order valence-corrected chi connectivity index (χ0v) is 18.6. The molecule has 2 aromatic heterocycles. The number of aromatic nitrogens is 3. The average Bonchev–Trinajstić information content (AvgIpc) is 3.27. The van der Waals surface area contributed by atoms with Crippen molar-refractivity contribution >= 4 is 28.0 Å². The van der Waals surface area contributed by atoms with E-state index in [4.69, 9.17) is 0 Å². The highest BCUT2D eigenvalue weighted by atomic mass is 32.1. The molecule has 2 N–H and O–H groups in total. The molecule has 0 aliphatic heterocycles. The Morgan fingerprint density at radius 2 is 1.84 bits per heavy atom. The molecule has 2 heterocycles. The second-order valence-electron chi connectivity index (χ2n) is 8.38. The molecule has 4 aromatic rings. The van der Waals surface area contributed by atoms with Gasteiger partial charge in [-0.05, 0) is 50.8 Å². The van der Waals surface area contributed by atoms with Gasteiger partial charge in [-0.3, -0.25) is 9.59 Å².